The number of hydrogen-bond donors (Lipinski definition) is 1. The number of para-hydroxylation sites is 2. The second-order valence-electron chi connectivity index (χ2n) is 11.1. The van der Waals surface area contributed by atoms with Gasteiger partial charge in [-0.15, -0.1) is 0 Å². The van der Waals surface area contributed by atoms with E-state index < -0.39 is 29.1 Å². The van der Waals surface area contributed by atoms with Crippen LogP contribution in [-0.4, -0.2) is 41.7 Å². The van der Waals surface area contributed by atoms with Gasteiger partial charge in [-0.2, -0.15) is 0 Å². The van der Waals surface area contributed by atoms with Crippen LogP contribution in [0.2, 0.25) is 0 Å². The maximum Gasteiger partial charge on any atom is 0.339 e. The Labute approximate surface area is 249 Å². The minimum atomic E-state index is -2.00. The summed E-state index contributed by atoms with van der Waals surface area (Å²) in [6.07, 6.45) is 0. The molecule has 9 heteroatoms. The quantitative estimate of drug-likeness (QED) is 0.334. The van der Waals surface area contributed by atoms with Gasteiger partial charge >= 0.3 is 5.97 Å². The van der Waals surface area contributed by atoms with Crippen LogP contribution in [0.1, 0.15) is 31.9 Å². The first-order valence-corrected chi connectivity index (χ1v) is 14.3. The highest BCUT2D eigenvalue weighted by atomic mass is 16.5. The summed E-state index contributed by atoms with van der Waals surface area (Å²) >= 11 is 0. The molecule has 0 aliphatic carbocycles. The number of amides is 3. The molecule has 6 rings (SSSR count). The Balaban J connectivity index is 1.69. The molecule has 1 atom stereocenters. The summed E-state index contributed by atoms with van der Waals surface area (Å²) in [5.41, 5.74) is 6.82. The van der Waals surface area contributed by atoms with E-state index in [2.05, 4.69) is 0 Å². The van der Waals surface area contributed by atoms with Crippen molar-refractivity contribution in [2.24, 2.45) is 11.7 Å². The van der Waals surface area contributed by atoms with Crippen LogP contribution in [0.5, 0.6) is 0 Å². The maximum atomic E-state index is 15.1. The number of imide groups is 1. The Kier molecular flexibility index (Phi) is 6.88. The van der Waals surface area contributed by atoms with Gasteiger partial charge in [-0.05, 0) is 36.6 Å². The standard InChI is InChI=1S/C34H32N4O5/c1-4-43-32(41)27-29(35)38(23-15-9-6-10-16-23)28-26(30(39)37(31(28)40)19-21(2)3)34(27)24-17-11-12-18-25(24)36(33(34)42)20-22-13-7-5-8-14-22/h5-18,21H,4,19-20,35H2,1-3H3/t34-/m0/s1. The highest BCUT2D eigenvalue weighted by Gasteiger charge is 2.67. The number of anilines is 2. The van der Waals surface area contributed by atoms with E-state index in [4.69, 9.17) is 10.5 Å². The van der Waals surface area contributed by atoms with Crippen LogP contribution in [-0.2, 0) is 35.9 Å². The number of ether oxygens (including phenoxy) is 1. The molecular formula is C34H32N4O5. The third kappa shape index (κ3) is 4.06. The molecule has 3 aromatic rings. The zero-order valence-electron chi connectivity index (χ0n) is 24.2. The molecule has 1 spiro atoms. The second kappa shape index (κ2) is 10.6. The average molecular weight is 577 g/mol. The third-order valence-corrected chi connectivity index (χ3v) is 8.00. The zero-order chi connectivity index (χ0) is 30.5. The molecule has 3 aliphatic rings. The smallest absolute Gasteiger partial charge is 0.339 e. The van der Waals surface area contributed by atoms with Gasteiger partial charge in [0.15, 0.2) is 0 Å². The van der Waals surface area contributed by atoms with Gasteiger partial charge in [-0.3, -0.25) is 24.2 Å². The van der Waals surface area contributed by atoms with Crippen molar-refractivity contribution in [1.82, 2.24) is 4.90 Å². The predicted octanol–water partition coefficient (Wildman–Crippen LogP) is 4.00. The van der Waals surface area contributed by atoms with E-state index in [1.165, 1.54) is 4.90 Å². The number of nitrogens with two attached hydrogens (primary N) is 1. The average Bonchev–Trinajstić information content (AvgIpc) is 3.38. The topological polar surface area (TPSA) is 113 Å². The Bertz CT molecular complexity index is 1710. The number of carbonyl (C=O) groups excluding carboxylic acids is 4. The molecule has 2 N–H and O–H groups in total. The van der Waals surface area contributed by atoms with Gasteiger partial charge in [0.1, 0.15) is 22.5 Å². The molecule has 3 amide bonds. The van der Waals surface area contributed by atoms with Crippen molar-refractivity contribution in [3.8, 4) is 0 Å². The van der Waals surface area contributed by atoms with Crippen LogP contribution >= 0.6 is 0 Å². The molecule has 0 radical (unpaired) electrons. The molecular weight excluding hydrogens is 544 g/mol. The van der Waals surface area contributed by atoms with Crippen LogP contribution in [0.3, 0.4) is 0 Å². The molecule has 0 saturated carbocycles. The molecule has 218 valence electrons. The molecule has 3 aromatic carbocycles. The maximum absolute atomic E-state index is 15.1. The van der Waals surface area contributed by atoms with E-state index in [0.717, 1.165) is 10.5 Å². The molecule has 0 aromatic heterocycles. The van der Waals surface area contributed by atoms with Crippen LogP contribution in [0.25, 0.3) is 0 Å². The number of benzene rings is 3. The number of rotatable bonds is 7. The second-order valence-corrected chi connectivity index (χ2v) is 11.1. The molecule has 3 heterocycles. The summed E-state index contributed by atoms with van der Waals surface area (Å²) in [4.78, 5) is 62.0. The number of nitrogens with zero attached hydrogens (tertiary/aromatic N) is 3. The number of fused-ring (bicyclic) bond motifs is 3. The lowest BCUT2D eigenvalue weighted by Gasteiger charge is -2.39. The lowest BCUT2D eigenvalue weighted by atomic mass is 9.66. The van der Waals surface area contributed by atoms with E-state index in [1.807, 2.05) is 44.2 Å². The number of hydrogen-bond acceptors (Lipinski definition) is 7. The lowest BCUT2D eigenvalue weighted by Crippen LogP contribution is -2.53. The molecule has 3 aliphatic heterocycles. The SMILES string of the molecule is CCOC(=O)C1=C(N)N(c2ccccc2)C2=C(C(=O)N(CC(C)C)C2=O)[C@]12C(=O)N(Cc1ccccc1)c1ccccc12. The van der Waals surface area contributed by atoms with Crippen molar-refractivity contribution in [3.05, 3.63) is 119 Å². The highest BCUT2D eigenvalue weighted by molar-refractivity contribution is 6.31. The summed E-state index contributed by atoms with van der Waals surface area (Å²) < 4.78 is 5.53. The van der Waals surface area contributed by atoms with E-state index in [9.17, 15) is 14.4 Å². The van der Waals surface area contributed by atoms with Gasteiger partial charge in [0, 0.05) is 23.5 Å². The summed E-state index contributed by atoms with van der Waals surface area (Å²) in [6, 6.07) is 25.3. The highest BCUT2D eigenvalue weighted by Crippen LogP contribution is 2.57. The minimum Gasteiger partial charge on any atom is -0.462 e. The summed E-state index contributed by atoms with van der Waals surface area (Å²) in [6.45, 7) is 5.77. The van der Waals surface area contributed by atoms with Crippen molar-refractivity contribution in [1.29, 1.82) is 0 Å². The van der Waals surface area contributed by atoms with Crippen molar-refractivity contribution >= 4 is 35.1 Å². The van der Waals surface area contributed by atoms with Crippen LogP contribution < -0.4 is 15.5 Å². The van der Waals surface area contributed by atoms with Crippen LogP contribution in [0.4, 0.5) is 11.4 Å². The Morgan fingerprint density at radius 3 is 2.14 bits per heavy atom. The lowest BCUT2D eigenvalue weighted by molar-refractivity contribution is -0.141. The van der Waals surface area contributed by atoms with Gasteiger partial charge < -0.3 is 15.4 Å². The molecule has 0 fully saturated rings. The minimum absolute atomic E-state index is 0.0128. The summed E-state index contributed by atoms with van der Waals surface area (Å²) in [5, 5.41) is 0. The van der Waals surface area contributed by atoms with Crippen LogP contribution in [0.15, 0.2) is 108 Å². The number of esters is 1. The first-order valence-electron chi connectivity index (χ1n) is 14.3. The van der Waals surface area contributed by atoms with Gasteiger partial charge in [0.2, 0.25) is 5.91 Å². The first-order chi connectivity index (χ1) is 20.7. The van der Waals surface area contributed by atoms with Gasteiger partial charge in [-0.1, -0.05) is 80.6 Å². The van der Waals surface area contributed by atoms with Crippen LogP contribution in [0, 0.1) is 5.92 Å². The summed E-state index contributed by atoms with van der Waals surface area (Å²) in [5.74, 6) is -2.77. The van der Waals surface area contributed by atoms with Gasteiger partial charge in [-0.25, -0.2) is 4.79 Å². The molecule has 43 heavy (non-hydrogen) atoms. The monoisotopic (exact) mass is 576 g/mol. The zero-order valence-corrected chi connectivity index (χ0v) is 24.2. The van der Waals surface area contributed by atoms with Crippen molar-refractivity contribution in [3.63, 3.8) is 0 Å². The molecule has 0 saturated heterocycles. The Hall–Kier alpha value is -5.18. The van der Waals surface area contributed by atoms with E-state index in [1.54, 1.807) is 66.4 Å². The fourth-order valence-corrected chi connectivity index (χ4v) is 6.35. The van der Waals surface area contributed by atoms with Crippen molar-refractivity contribution in [2.45, 2.75) is 32.7 Å². The van der Waals surface area contributed by atoms with Gasteiger partial charge in [0.05, 0.1) is 18.7 Å². The Morgan fingerprint density at radius 1 is 0.860 bits per heavy atom. The Morgan fingerprint density at radius 2 is 1.49 bits per heavy atom. The number of carbonyl (C=O) groups is 4. The van der Waals surface area contributed by atoms with E-state index in [-0.39, 0.29) is 48.3 Å². The predicted molar refractivity (Wildman–Crippen MR) is 161 cm³/mol. The van der Waals surface area contributed by atoms with E-state index >= 15 is 4.79 Å². The normalized spacial score (nSPS) is 19.6. The van der Waals surface area contributed by atoms with Gasteiger partial charge in [0.25, 0.3) is 11.8 Å². The largest absolute Gasteiger partial charge is 0.462 e. The third-order valence-electron chi connectivity index (χ3n) is 8.00. The fraction of sp³-hybridized carbons (Fsp3) is 0.235. The molecule has 9 nitrogen and oxygen atoms in total. The van der Waals surface area contributed by atoms with Crippen molar-refractivity contribution in [2.75, 3.05) is 23.0 Å². The fourth-order valence-electron chi connectivity index (χ4n) is 6.35. The molecule has 0 bridgehead atoms. The van der Waals surface area contributed by atoms with E-state index in [0.29, 0.717) is 16.9 Å². The molecule has 0 unspecified atom stereocenters. The van der Waals surface area contributed by atoms with Crippen molar-refractivity contribution < 1.29 is 23.9 Å². The summed E-state index contributed by atoms with van der Waals surface area (Å²) in [7, 11) is 0. The first kappa shape index (κ1) is 28.0.